The molecule has 0 radical (unpaired) electrons. The molecule has 2 fully saturated rings. The molecule has 110 heavy (non-hydrogen) atoms. The first-order chi connectivity index (χ1) is 53.1. The Balaban J connectivity index is 0.00000111. The normalized spacial score (nSPS) is 20.9. The first kappa shape index (κ1) is 106. The van der Waals surface area contributed by atoms with Gasteiger partial charge >= 0.3 is 15.6 Å². The fraction of sp³-hybridized carbons (Fsp3) is 0.816. The highest BCUT2D eigenvalue weighted by Crippen LogP contribution is 2.54. The monoisotopic (exact) mass is 1650 g/mol. The Labute approximate surface area is 685 Å². The number of nitrogens with one attached hydrogen (secondary N) is 3. The fourth-order valence-electron chi connectivity index (χ4n) is 13.4. The molecule has 2 saturated heterocycles. The third-order valence-electron chi connectivity index (χ3n) is 20.1. The molecular weight excluding hydrogens is 1500 g/mol. The Morgan fingerprint density at radius 3 is 1.18 bits per heavy atom. The number of hydrogen-bond acceptors (Lipinski definition) is 17. The van der Waals surface area contributed by atoms with Crippen LogP contribution < -0.4 is 10.6 Å². The van der Waals surface area contributed by atoms with Gasteiger partial charge in [-0.15, -0.1) is 26.3 Å². The lowest BCUT2D eigenvalue weighted by Gasteiger charge is -2.46. The number of amides is 1. The number of allylic oxidation sites excluding steroid dienone is 5. The summed E-state index contributed by atoms with van der Waals surface area (Å²) in [5.74, 6) is -0.0747. The Morgan fingerprint density at radius 1 is 0.473 bits per heavy atom. The molecule has 0 aliphatic carbocycles. The lowest BCUT2D eigenvalue weighted by Crippen LogP contribution is -2.65. The summed E-state index contributed by atoms with van der Waals surface area (Å²) in [6, 6.07) is -1.72. The van der Waals surface area contributed by atoms with Crippen molar-refractivity contribution in [2.24, 2.45) is 11.8 Å². The summed E-state index contributed by atoms with van der Waals surface area (Å²) in [6.07, 6.45) is 56.9. The molecule has 10 unspecified atom stereocenters. The maximum atomic E-state index is 14.0. The number of unbranched alkanes of at least 4 members (excludes halogenated alkanes) is 30. The van der Waals surface area contributed by atoms with Gasteiger partial charge in [-0.05, 0) is 108 Å². The number of hydrogen-bond donors (Lipinski definition) is 4. The lowest BCUT2D eigenvalue weighted by molar-refractivity contribution is -0.253. The number of phosphoric acid groups is 2. The molecule has 0 spiro atoms. The van der Waals surface area contributed by atoms with Crippen LogP contribution in [0.1, 0.15) is 338 Å². The quantitative estimate of drug-likeness (QED) is 0.0111. The molecule has 2 rings (SSSR count). The highest BCUT2D eigenvalue weighted by Gasteiger charge is 2.53. The SMILES string of the molecule is C=CCOP(=O)(OCC=C)OC1C(CC)OC(O)C(NC(=C)CCCCCCCCC/C=C\CCCCCC)C1OCC[C@H](C)CCCCCCC.C=CCOP(=O)(OCC=C)OC1C(CC)OC(OC(=N)C(Cl)(Cl)Cl)C(NC(=O)CCCCCCCCC/C=C\CCCCCC)C1OCC[C@H](C)CCCCCCC. The van der Waals surface area contributed by atoms with E-state index in [1.807, 2.05) is 13.8 Å². The van der Waals surface area contributed by atoms with Gasteiger partial charge in [-0.25, -0.2) is 9.13 Å². The molecule has 2 heterocycles. The van der Waals surface area contributed by atoms with E-state index in [0.29, 0.717) is 44.3 Å². The summed E-state index contributed by atoms with van der Waals surface area (Å²) < 4.78 is 91.6. The molecule has 0 aromatic rings. The first-order valence-corrected chi connectivity index (χ1v) is 47.3. The van der Waals surface area contributed by atoms with E-state index in [4.69, 9.17) is 91.0 Å². The number of aliphatic hydroxyl groups is 1. The highest BCUT2D eigenvalue weighted by molar-refractivity contribution is 7.48. The third kappa shape index (κ3) is 51.8. The second kappa shape index (κ2) is 68.8. The minimum atomic E-state index is -4.23. The van der Waals surface area contributed by atoms with Crippen molar-refractivity contribution in [3.05, 3.63) is 87.2 Å². The number of alkyl halides is 3. The van der Waals surface area contributed by atoms with Gasteiger partial charge in [-0.3, -0.25) is 37.3 Å². The summed E-state index contributed by atoms with van der Waals surface area (Å²) in [5, 5.41) is 26.1. The van der Waals surface area contributed by atoms with Crippen molar-refractivity contribution in [3.8, 4) is 0 Å². The van der Waals surface area contributed by atoms with E-state index in [9.17, 15) is 19.0 Å². The average Bonchev–Trinajstić information content (AvgIpc) is 0.789. The number of carbonyl (C=O) groups is 1. The molecule has 23 heteroatoms. The molecule has 1 amide bonds. The van der Waals surface area contributed by atoms with Crippen molar-refractivity contribution >= 4 is 62.3 Å². The van der Waals surface area contributed by atoms with Gasteiger partial charge in [-0.2, -0.15) is 0 Å². The second-order valence-electron chi connectivity index (χ2n) is 30.1. The molecule has 0 aromatic carbocycles. The van der Waals surface area contributed by atoms with Gasteiger partial charge < -0.3 is 39.4 Å². The zero-order chi connectivity index (χ0) is 81.4. The molecule has 2 aliphatic heterocycles. The van der Waals surface area contributed by atoms with Gasteiger partial charge in [0.1, 0.15) is 36.5 Å². The van der Waals surface area contributed by atoms with E-state index in [1.54, 1.807) is 0 Å². The number of rotatable bonds is 72. The molecule has 0 aromatic heterocycles. The minimum Gasteiger partial charge on any atom is -0.446 e. The minimum absolute atomic E-state index is 0.0161. The Morgan fingerprint density at radius 2 is 0.809 bits per heavy atom. The maximum Gasteiger partial charge on any atom is 0.475 e. The van der Waals surface area contributed by atoms with E-state index in [2.05, 4.69) is 109 Å². The number of phosphoric ester groups is 2. The van der Waals surface area contributed by atoms with E-state index >= 15 is 0 Å². The van der Waals surface area contributed by atoms with Gasteiger partial charge in [0.25, 0.3) is 3.79 Å². The smallest absolute Gasteiger partial charge is 0.446 e. The molecular formula is C87H158Cl3N3O15P2. The Kier molecular flexibility index (Phi) is 66.2. The van der Waals surface area contributed by atoms with E-state index in [-0.39, 0.29) is 38.8 Å². The Bertz CT molecular complexity index is 2460. The largest absolute Gasteiger partial charge is 0.475 e. The molecule has 12 atom stereocenters. The van der Waals surface area contributed by atoms with Crippen LogP contribution in [0.2, 0.25) is 0 Å². The molecule has 4 N–H and O–H groups in total. The van der Waals surface area contributed by atoms with Crippen LogP contribution in [0.5, 0.6) is 0 Å². The van der Waals surface area contributed by atoms with Gasteiger partial charge in [0.05, 0.1) is 38.6 Å². The van der Waals surface area contributed by atoms with Crippen LogP contribution >= 0.6 is 50.4 Å². The van der Waals surface area contributed by atoms with Gasteiger partial charge in [-0.1, -0.05) is 325 Å². The summed E-state index contributed by atoms with van der Waals surface area (Å²) in [4.78, 5) is 13.6. The van der Waals surface area contributed by atoms with Crippen LogP contribution in [0.4, 0.5) is 0 Å². The lowest BCUT2D eigenvalue weighted by atomic mass is 9.94. The number of halogens is 3. The summed E-state index contributed by atoms with van der Waals surface area (Å²) >= 11 is 18.1. The van der Waals surface area contributed by atoms with Crippen LogP contribution in [0, 0.1) is 17.2 Å². The van der Waals surface area contributed by atoms with E-state index < -0.39 is 86.6 Å². The van der Waals surface area contributed by atoms with Gasteiger partial charge in [0, 0.05) is 25.3 Å². The maximum absolute atomic E-state index is 14.0. The van der Waals surface area contributed by atoms with E-state index in [0.717, 1.165) is 82.7 Å². The van der Waals surface area contributed by atoms with Crippen molar-refractivity contribution in [1.82, 2.24) is 10.6 Å². The van der Waals surface area contributed by atoms with Crippen LogP contribution in [0.3, 0.4) is 0 Å². The second-order valence-corrected chi connectivity index (χ2v) is 35.7. The van der Waals surface area contributed by atoms with Gasteiger partial charge in [0.15, 0.2) is 6.29 Å². The molecule has 642 valence electrons. The van der Waals surface area contributed by atoms with Crippen molar-refractivity contribution in [2.75, 3.05) is 39.6 Å². The zero-order valence-corrected chi connectivity index (χ0v) is 74.2. The molecule has 2 aliphatic rings. The standard InChI is InChI=1S/C44H78Cl3N2O8P.C43H80NO7P/c1-7-12-14-16-17-18-19-20-21-22-23-24-25-27-29-31-38(50)49-39-41(52-35-32-36(6)30-28-26-15-13-8-2)40(57-58(51,53-33-9-3)54-34-10-4)37(11-5)55-42(39)56-43(48)44(45,46)47;1-8-13-15-17-18-19-20-21-22-23-24-25-26-28-30-32-38(7)44-40-42(47-36-33-37(6)31-29-27-16-14-9-2)41(39(12-5)50-43(40)45)51-52(46,48-34-10-3)49-35-11-4/h9-10,18-19,36-37,39-42,48H,3-4,7-8,11-17,20-35H2,1-2,5-6H3,(H,49,50);10-11,19-20,37,39-45H,3-4,7-9,12-18,21-36H2,1-2,5-6H3/b19-18-,48-43?;20-19-/t36-,37?,39?,40?,41?,42?;37-,39?,40?,41?,42?,43?/m11/s1. The van der Waals surface area contributed by atoms with Crippen molar-refractivity contribution in [2.45, 2.75) is 403 Å². The topological polar surface area (TPSA) is 221 Å². The summed E-state index contributed by atoms with van der Waals surface area (Å²) in [6.45, 7) is 36.7. The summed E-state index contributed by atoms with van der Waals surface area (Å²) in [5.41, 5.74) is 0.811. The van der Waals surface area contributed by atoms with Crippen molar-refractivity contribution in [1.29, 1.82) is 5.41 Å². The predicted octanol–water partition coefficient (Wildman–Crippen LogP) is 26.0. The zero-order valence-electron chi connectivity index (χ0n) is 70.1. The highest BCUT2D eigenvalue weighted by atomic mass is 35.6. The van der Waals surface area contributed by atoms with Crippen molar-refractivity contribution in [3.63, 3.8) is 0 Å². The first-order valence-electron chi connectivity index (χ1n) is 43.3. The third-order valence-corrected chi connectivity index (χ3v) is 23.4. The number of ether oxygens (including phenoxy) is 5. The molecule has 18 nitrogen and oxygen atoms in total. The number of carbonyl (C=O) groups excluding carboxylic acids is 1. The number of aliphatic hydroxyl groups excluding tert-OH is 1. The predicted molar refractivity (Wildman–Crippen MR) is 459 cm³/mol. The Hall–Kier alpha value is -2.19. The summed E-state index contributed by atoms with van der Waals surface area (Å²) in [7, 11) is -8.28. The van der Waals surface area contributed by atoms with Crippen LogP contribution in [0.25, 0.3) is 0 Å². The van der Waals surface area contributed by atoms with Crippen LogP contribution in [0.15, 0.2) is 87.2 Å². The van der Waals surface area contributed by atoms with E-state index in [1.165, 1.54) is 204 Å². The fourth-order valence-corrected chi connectivity index (χ4v) is 16.2. The van der Waals surface area contributed by atoms with Crippen molar-refractivity contribution < 1.29 is 69.9 Å². The van der Waals surface area contributed by atoms with Crippen LogP contribution in [-0.4, -0.2) is 122 Å². The van der Waals surface area contributed by atoms with Gasteiger partial charge in [0.2, 0.25) is 18.1 Å². The average molecular weight is 1650 g/mol. The molecule has 0 bridgehead atoms. The van der Waals surface area contributed by atoms with Crippen LogP contribution in [-0.2, 0) is 64.8 Å². The molecule has 0 saturated carbocycles.